The zero-order valence-corrected chi connectivity index (χ0v) is 8.52. The smallest absolute Gasteiger partial charge is 0.174 e. The highest BCUT2D eigenvalue weighted by Gasteiger charge is 1.97. The molecule has 0 nitrogen and oxygen atoms in total. The van der Waals surface area contributed by atoms with Crippen LogP contribution in [0.25, 0.3) is 0 Å². The molecule has 0 amide bonds. The Morgan fingerprint density at radius 3 is 2.62 bits per heavy atom. The van der Waals surface area contributed by atoms with Crippen molar-refractivity contribution >= 4 is 15.9 Å². The maximum absolute atomic E-state index is 11.7. The molecule has 0 atom stereocenters. The van der Waals surface area contributed by atoms with Gasteiger partial charge in [0.2, 0.25) is 0 Å². The van der Waals surface area contributed by atoms with Crippen LogP contribution in [0.1, 0.15) is 12.0 Å². The van der Waals surface area contributed by atoms with Crippen molar-refractivity contribution in [1.29, 1.82) is 0 Å². The van der Waals surface area contributed by atoms with Crippen LogP contribution < -0.4 is 0 Å². The van der Waals surface area contributed by atoms with E-state index in [4.69, 9.17) is 0 Å². The Morgan fingerprint density at radius 1 is 1.31 bits per heavy atom. The molecule has 0 N–H and O–H groups in total. The first-order chi connectivity index (χ1) is 6.20. The van der Waals surface area contributed by atoms with Crippen LogP contribution in [0.2, 0.25) is 0 Å². The number of halogens is 3. The topological polar surface area (TPSA) is 0 Å². The van der Waals surface area contributed by atoms with E-state index in [2.05, 4.69) is 15.9 Å². The summed E-state index contributed by atoms with van der Waals surface area (Å²) in [5.74, 6) is 0. The molecule has 0 saturated heterocycles. The summed E-state index contributed by atoms with van der Waals surface area (Å²) >= 11 is 3.36. The second-order valence-electron chi connectivity index (χ2n) is 2.62. The van der Waals surface area contributed by atoms with Gasteiger partial charge in [-0.1, -0.05) is 34.1 Å². The molecule has 3 heteroatoms. The summed E-state index contributed by atoms with van der Waals surface area (Å²) < 4.78 is 24.3. The molecule has 0 radical (unpaired) electrons. The van der Waals surface area contributed by atoms with Crippen LogP contribution in [0.15, 0.2) is 40.9 Å². The first-order valence-corrected chi connectivity index (χ1v) is 4.74. The predicted molar refractivity (Wildman–Crippen MR) is 52.8 cm³/mol. The second kappa shape index (κ2) is 5.12. The van der Waals surface area contributed by atoms with Gasteiger partial charge in [0.1, 0.15) is 0 Å². The van der Waals surface area contributed by atoms with Gasteiger partial charge in [-0.15, -0.1) is 0 Å². The Kier molecular flexibility index (Phi) is 4.09. The Morgan fingerprint density at radius 2 is 2.00 bits per heavy atom. The van der Waals surface area contributed by atoms with E-state index in [1.54, 1.807) is 0 Å². The summed E-state index contributed by atoms with van der Waals surface area (Å²) in [4.78, 5) is 0. The van der Waals surface area contributed by atoms with Gasteiger partial charge in [0, 0.05) is 4.47 Å². The van der Waals surface area contributed by atoms with Crippen molar-refractivity contribution in [2.24, 2.45) is 0 Å². The summed E-state index contributed by atoms with van der Waals surface area (Å²) in [6.45, 7) is 0. The molecule has 0 aliphatic rings. The maximum atomic E-state index is 11.7. The molecule has 0 aliphatic heterocycles. The lowest BCUT2D eigenvalue weighted by atomic mass is 10.1. The van der Waals surface area contributed by atoms with Crippen molar-refractivity contribution in [3.05, 3.63) is 46.5 Å². The minimum absolute atomic E-state index is 0.380. The molecular weight excluding hydrogens is 238 g/mol. The minimum Gasteiger partial charge on any atom is -0.174 e. The first-order valence-electron chi connectivity index (χ1n) is 3.94. The van der Waals surface area contributed by atoms with Crippen LogP contribution in [-0.2, 0) is 6.42 Å². The normalized spacial score (nSPS) is 9.77. The maximum Gasteiger partial charge on any atom is 0.266 e. The van der Waals surface area contributed by atoms with Crippen molar-refractivity contribution < 1.29 is 8.78 Å². The van der Waals surface area contributed by atoms with Crippen LogP contribution >= 0.6 is 15.9 Å². The highest BCUT2D eigenvalue weighted by molar-refractivity contribution is 9.10. The molecule has 70 valence electrons. The molecule has 1 aromatic rings. The highest BCUT2D eigenvalue weighted by atomic mass is 79.9. The lowest BCUT2D eigenvalue weighted by Crippen LogP contribution is -1.84. The van der Waals surface area contributed by atoms with Crippen molar-refractivity contribution in [1.82, 2.24) is 0 Å². The van der Waals surface area contributed by atoms with Crippen molar-refractivity contribution in [3.8, 4) is 0 Å². The zero-order chi connectivity index (χ0) is 9.68. The van der Waals surface area contributed by atoms with E-state index in [1.165, 1.54) is 0 Å². The highest BCUT2D eigenvalue weighted by Crippen LogP contribution is 2.17. The van der Waals surface area contributed by atoms with Crippen LogP contribution in [-0.4, -0.2) is 0 Å². The molecule has 0 heterocycles. The van der Waals surface area contributed by atoms with E-state index in [0.717, 1.165) is 16.1 Å². The molecule has 0 unspecified atom stereocenters. The number of aryl methyl sites for hydroxylation is 1. The van der Waals surface area contributed by atoms with Crippen molar-refractivity contribution in [2.75, 3.05) is 0 Å². The van der Waals surface area contributed by atoms with Crippen LogP contribution in [0.5, 0.6) is 0 Å². The average Bonchev–Trinajstić information content (AvgIpc) is 2.08. The van der Waals surface area contributed by atoms with Crippen LogP contribution in [0.3, 0.4) is 0 Å². The molecule has 13 heavy (non-hydrogen) atoms. The van der Waals surface area contributed by atoms with Gasteiger partial charge in [0.05, 0.1) is 0 Å². The molecule has 0 aliphatic carbocycles. The van der Waals surface area contributed by atoms with Gasteiger partial charge in [0.15, 0.2) is 0 Å². The number of hydrogen-bond acceptors (Lipinski definition) is 0. The summed E-state index contributed by atoms with van der Waals surface area (Å²) in [7, 11) is 0. The fourth-order valence-corrected chi connectivity index (χ4v) is 1.52. The second-order valence-corrected chi connectivity index (χ2v) is 3.48. The third-order valence-electron chi connectivity index (χ3n) is 1.67. The van der Waals surface area contributed by atoms with E-state index in [9.17, 15) is 8.78 Å². The lowest BCUT2D eigenvalue weighted by Gasteiger charge is -2.00. The zero-order valence-electron chi connectivity index (χ0n) is 6.93. The largest absolute Gasteiger partial charge is 0.266 e. The van der Waals surface area contributed by atoms with E-state index in [1.807, 2.05) is 24.3 Å². The monoisotopic (exact) mass is 246 g/mol. The van der Waals surface area contributed by atoms with E-state index < -0.39 is 6.08 Å². The van der Waals surface area contributed by atoms with E-state index in [0.29, 0.717) is 12.8 Å². The molecule has 0 aromatic heterocycles. The Balaban J connectivity index is 2.55. The lowest BCUT2D eigenvalue weighted by molar-refractivity contribution is 0.417. The fourth-order valence-electron chi connectivity index (χ4n) is 1.04. The molecule has 0 fully saturated rings. The van der Waals surface area contributed by atoms with Gasteiger partial charge in [0.25, 0.3) is 6.08 Å². The minimum atomic E-state index is -1.60. The summed E-state index contributed by atoms with van der Waals surface area (Å²) in [6, 6.07) is 7.63. The first kappa shape index (κ1) is 10.4. The summed E-state index contributed by atoms with van der Waals surface area (Å²) in [5, 5.41) is 0. The third kappa shape index (κ3) is 3.68. The molecule has 1 rings (SSSR count). The third-order valence-corrected chi connectivity index (χ3v) is 2.44. The Bertz CT molecular complexity index is 304. The van der Waals surface area contributed by atoms with Crippen molar-refractivity contribution in [3.63, 3.8) is 0 Å². The molecule has 0 spiro atoms. The number of allylic oxidation sites excluding steroid dienone is 1. The average molecular weight is 247 g/mol. The SMILES string of the molecule is FC(F)=CCCc1ccccc1Br. The van der Waals surface area contributed by atoms with E-state index >= 15 is 0 Å². The van der Waals surface area contributed by atoms with Crippen LogP contribution in [0.4, 0.5) is 8.78 Å². The van der Waals surface area contributed by atoms with E-state index in [-0.39, 0.29) is 0 Å². The number of hydrogen-bond donors (Lipinski definition) is 0. The van der Waals surface area contributed by atoms with Gasteiger partial charge in [-0.3, -0.25) is 0 Å². The Labute approximate surface area is 84.4 Å². The van der Waals surface area contributed by atoms with Gasteiger partial charge in [-0.05, 0) is 30.5 Å². The molecule has 1 aromatic carbocycles. The molecule has 0 saturated carbocycles. The summed E-state index contributed by atoms with van der Waals surface area (Å²) in [6.07, 6.45) is 0.357. The Hall–Kier alpha value is -0.700. The van der Waals surface area contributed by atoms with Gasteiger partial charge in [-0.25, -0.2) is 0 Å². The fraction of sp³-hybridized carbons (Fsp3) is 0.200. The van der Waals surface area contributed by atoms with Crippen LogP contribution in [0, 0.1) is 0 Å². The van der Waals surface area contributed by atoms with Gasteiger partial charge < -0.3 is 0 Å². The van der Waals surface area contributed by atoms with Crippen molar-refractivity contribution in [2.45, 2.75) is 12.8 Å². The van der Waals surface area contributed by atoms with Gasteiger partial charge >= 0.3 is 0 Å². The number of rotatable bonds is 3. The standard InChI is InChI=1S/C10H9BrF2/c11-9-6-2-1-4-8(9)5-3-7-10(12)13/h1-2,4,6-7H,3,5H2. The number of benzene rings is 1. The molecular formula is C10H9BrF2. The quantitative estimate of drug-likeness (QED) is 0.752. The predicted octanol–water partition coefficient (Wildman–Crippen LogP) is 4.16. The van der Waals surface area contributed by atoms with Gasteiger partial charge in [-0.2, -0.15) is 8.78 Å². The summed E-state index contributed by atoms with van der Waals surface area (Å²) in [5.41, 5.74) is 1.06. The molecule has 0 bridgehead atoms.